The van der Waals surface area contributed by atoms with Gasteiger partial charge in [0, 0.05) is 0 Å². The van der Waals surface area contributed by atoms with E-state index in [-0.39, 0.29) is 19.1 Å². The van der Waals surface area contributed by atoms with Gasteiger partial charge < -0.3 is 15.7 Å². The average molecular weight is 269 g/mol. The molecule has 0 aromatic heterocycles. The van der Waals surface area contributed by atoms with Crippen LogP contribution >= 0.6 is 0 Å². The Morgan fingerprint density at radius 1 is 1.32 bits per heavy atom. The van der Waals surface area contributed by atoms with Crippen LogP contribution in [0.2, 0.25) is 0 Å². The summed E-state index contributed by atoms with van der Waals surface area (Å²) in [7, 11) is 0. The third-order valence-corrected chi connectivity index (χ3v) is 3.56. The maximum absolute atomic E-state index is 11.8. The van der Waals surface area contributed by atoms with Crippen molar-refractivity contribution in [2.75, 3.05) is 13.1 Å². The second-order valence-electron chi connectivity index (χ2n) is 5.02. The van der Waals surface area contributed by atoms with E-state index in [2.05, 4.69) is 10.6 Å². The number of rotatable bonds is 3. The van der Waals surface area contributed by atoms with E-state index in [1.807, 2.05) is 0 Å². The van der Waals surface area contributed by atoms with Gasteiger partial charge in [0.1, 0.15) is 6.54 Å². The number of hydrogen-bond acceptors (Lipinski definition) is 4. The van der Waals surface area contributed by atoms with Gasteiger partial charge in [0.15, 0.2) is 0 Å². The van der Waals surface area contributed by atoms with Gasteiger partial charge in [-0.2, -0.15) is 0 Å². The molecule has 2 atom stereocenters. The zero-order valence-corrected chi connectivity index (χ0v) is 10.7. The molecule has 2 rings (SSSR count). The minimum absolute atomic E-state index is 0.0574. The van der Waals surface area contributed by atoms with Crippen molar-refractivity contribution in [3.05, 3.63) is 0 Å². The topological polar surface area (TPSA) is 98.7 Å². The molecule has 1 aliphatic carbocycles. The van der Waals surface area contributed by atoms with Crippen molar-refractivity contribution in [3.63, 3.8) is 0 Å². The standard InChI is InChI=1S/C12H19N3O4/c16-9-5-3-1-2-4-8(9)14-10(17)7-15-11(18)6-13-12(15)19/h8-9,16H,1-7H2,(H,13,19)(H,14,17). The smallest absolute Gasteiger partial charge is 0.325 e. The lowest BCUT2D eigenvalue weighted by atomic mass is 10.1. The van der Waals surface area contributed by atoms with Crippen LogP contribution in [0.1, 0.15) is 32.1 Å². The van der Waals surface area contributed by atoms with Gasteiger partial charge in [0.05, 0.1) is 18.7 Å². The van der Waals surface area contributed by atoms with Gasteiger partial charge in [0.25, 0.3) is 5.91 Å². The van der Waals surface area contributed by atoms with Crippen LogP contribution in [0.25, 0.3) is 0 Å². The number of carbonyl (C=O) groups is 3. The minimum Gasteiger partial charge on any atom is -0.391 e. The normalized spacial score (nSPS) is 27.9. The number of urea groups is 1. The fraction of sp³-hybridized carbons (Fsp3) is 0.750. The van der Waals surface area contributed by atoms with E-state index in [4.69, 9.17) is 0 Å². The van der Waals surface area contributed by atoms with Crippen LogP contribution in [0.4, 0.5) is 4.79 Å². The van der Waals surface area contributed by atoms with E-state index >= 15 is 0 Å². The van der Waals surface area contributed by atoms with E-state index in [0.29, 0.717) is 6.42 Å². The summed E-state index contributed by atoms with van der Waals surface area (Å²) >= 11 is 0. The van der Waals surface area contributed by atoms with Crippen molar-refractivity contribution < 1.29 is 19.5 Å². The molecule has 2 unspecified atom stereocenters. The number of carbonyl (C=O) groups excluding carboxylic acids is 3. The predicted octanol–water partition coefficient (Wildman–Crippen LogP) is -0.652. The first kappa shape index (κ1) is 13.8. The Kier molecular flexibility index (Phi) is 4.36. The van der Waals surface area contributed by atoms with Crippen molar-refractivity contribution in [2.45, 2.75) is 44.2 Å². The molecule has 3 N–H and O–H groups in total. The van der Waals surface area contributed by atoms with Crippen molar-refractivity contribution in [3.8, 4) is 0 Å². The molecule has 1 saturated heterocycles. The number of nitrogens with one attached hydrogen (secondary N) is 2. The van der Waals surface area contributed by atoms with E-state index in [9.17, 15) is 19.5 Å². The lowest BCUT2D eigenvalue weighted by molar-refractivity contribution is -0.131. The Labute approximate surface area is 111 Å². The predicted molar refractivity (Wildman–Crippen MR) is 66.1 cm³/mol. The van der Waals surface area contributed by atoms with Crippen molar-refractivity contribution in [1.29, 1.82) is 0 Å². The third kappa shape index (κ3) is 3.44. The van der Waals surface area contributed by atoms with Crippen LogP contribution in [0, 0.1) is 0 Å². The molecule has 0 spiro atoms. The third-order valence-electron chi connectivity index (χ3n) is 3.56. The summed E-state index contributed by atoms with van der Waals surface area (Å²) in [5.74, 6) is -0.807. The first-order valence-electron chi connectivity index (χ1n) is 6.63. The van der Waals surface area contributed by atoms with E-state index in [1.165, 1.54) is 0 Å². The Hall–Kier alpha value is -1.63. The van der Waals surface area contributed by atoms with Crippen LogP contribution in [-0.2, 0) is 9.59 Å². The summed E-state index contributed by atoms with van der Waals surface area (Å²) < 4.78 is 0. The number of hydrogen-bond donors (Lipinski definition) is 3. The summed E-state index contributed by atoms with van der Waals surface area (Å²) in [6.07, 6.45) is 3.83. The number of imide groups is 1. The molecular weight excluding hydrogens is 250 g/mol. The molecule has 1 saturated carbocycles. The molecule has 0 aromatic rings. The summed E-state index contributed by atoms with van der Waals surface area (Å²) in [5, 5.41) is 15.0. The number of aliphatic hydroxyl groups is 1. The Bertz CT molecular complexity index is 369. The molecule has 0 aromatic carbocycles. The lowest BCUT2D eigenvalue weighted by Crippen LogP contribution is -2.48. The molecule has 106 valence electrons. The highest BCUT2D eigenvalue weighted by Gasteiger charge is 2.31. The molecule has 7 nitrogen and oxygen atoms in total. The van der Waals surface area contributed by atoms with Gasteiger partial charge >= 0.3 is 6.03 Å². The van der Waals surface area contributed by atoms with Gasteiger partial charge in [-0.05, 0) is 12.8 Å². The molecule has 2 aliphatic rings. The Morgan fingerprint density at radius 2 is 2.05 bits per heavy atom. The average Bonchev–Trinajstić information content (AvgIpc) is 2.57. The highest BCUT2D eigenvalue weighted by Crippen LogP contribution is 2.18. The Balaban J connectivity index is 1.86. The molecule has 4 amide bonds. The second kappa shape index (κ2) is 6.01. The summed E-state index contributed by atoms with van der Waals surface area (Å²) in [6, 6.07) is -0.822. The number of amides is 4. The molecule has 2 fully saturated rings. The van der Waals surface area contributed by atoms with Gasteiger partial charge in [-0.1, -0.05) is 19.3 Å². The van der Waals surface area contributed by atoms with Crippen LogP contribution in [-0.4, -0.2) is 53.1 Å². The Morgan fingerprint density at radius 3 is 2.74 bits per heavy atom. The van der Waals surface area contributed by atoms with Crippen LogP contribution in [0.3, 0.4) is 0 Å². The summed E-state index contributed by atoms with van der Waals surface area (Å²) in [6.45, 7) is -0.341. The maximum Gasteiger partial charge on any atom is 0.325 e. The minimum atomic E-state index is -0.547. The van der Waals surface area contributed by atoms with Gasteiger partial charge in [-0.15, -0.1) is 0 Å². The fourth-order valence-electron chi connectivity index (χ4n) is 2.47. The summed E-state index contributed by atoms with van der Waals surface area (Å²) in [4.78, 5) is 35.3. The van der Waals surface area contributed by atoms with Crippen molar-refractivity contribution >= 4 is 17.8 Å². The highest BCUT2D eigenvalue weighted by atomic mass is 16.3. The van der Waals surface area contributed by atoms with Gasteiger partial charge in [0.2, 0.25) is 5.91 Å². The molecule has 0 bridgehead atoms. The molecule has 0 radical (unpaired) electrons. The van der Waals surface area contributed by atoms with Gasteiger partial charge in [-0.25, -0.2) is 4.79 Å². The fourth-order valence-corrected chi connectivity index (χ4v) is 2.47. The molecular formula is C12H19N3O4. The highest BCUT2D eigenvalue weighted by molar-refractivity contribution is 6.04. The first-order valence-corrected chi connectivity index (χ1v) is 6.63. The van der Waals surface area contributed by atoms with Crippen LogP contribution in [0.5, 0.6) is 0 Å². The maximum atomic E-state index is 11.8. The zero-order valence-electron chi connectivity index (χ0n) is 10.7. The van der Waals surface area contributed by atoms with E-state index in [1.54, 1.807) is 0 Å². The van der Waals surface area contributed by atoms with E-state index < -0.39 is 23.9 Å². The number of nitrogens with zero attached hydrogens (tertiary/aromatic N) is 1. The van der Waals surface area contributed by atoms with E-state index in [0.717, 1.165) is 30.6 Å². The first-order chi connectivity index (χ1) is 9.08. The SMILES string of the molecule is O=C(CN1C(=O)CNC1=O)NC1CCCCCC1O. The van der Waals surface area contributed by atoms with Crippen molar-refractivity contribution in [2.24, 2.45) is 0 Å². The zero-order chi connectivity index (χ0) is 13.8. The number of aliphatic hydroxyl groups excluding tert-OH is 1. The molecule has 19 heavy (non-hydrogen) atoms. The lowest BCUT2D eigenvalue weighted by Gasteiger charge is -2.22. The van der Waals surface area contributed by atoms with Gasteiger partial charge in [-0.3, -0.25) is 14.5 Å². The summed E-state index contributed by atoms with van der Waals surface area (Å²) in [5.41, 5.74) is 0. The molecule has 1 heterocycles. The largest absolute Gasteiger partial charge is 0.391 e. The molecule has 1 aliphatic heterocycles. The second-order valence-corrected chi connectivity index (χ2v) is 5.02. The quantitative estimate of drug-likeness (QED) is 0.468. The van der Waals surface area contributed by atoms with Crippen molar-refractivity contribution in [1.82, 2.24) is 15.5 Å². The van der Waals surface area contributed by atoms with Crippen LogP contribution < -0.4 is 10.6 Å². The monoisotopic (exact) mass is 269 g/mol. The molecule has 7 heteroatoms. The van der Waals surface area contributed by atoms with Crippen LogP contribution in [0.15, 0.2) is 0 Å².